The van der Waals surface area contributed by atoms with Gasteiger partial charge in [-0.3, -0.25) is 4.79 Å². The van der Waals surface area contributed by atoms with E-state index in [0.29, 0.717) is 22.8 Å². The van der Waals surface area contributed by atoms with Crippen LogP contribution in [0.15, 0.2) is 39.5 Å². The molecule has 1 aliphatic rings. The first-order valence-corrected chi connectivity index (χ1v) is 9.89. The van der Waals surface area contributed by atoms with Gasteiger partial charge in [-0.2, -0.15) is 0 Å². The molecule has 1 aromatic heterocycles. The molecule has 0 bridgehead atoms. The van der Waals surface area contributed by atoms with Crippen LogP contribution in [0.3, 0.4) is 0 Å². The van der Waals surface area contributed by atoms with Gasteiger partial charge in [0, 0.05) is 17.7 Å². The second-order valence-electron chi connectivity index (χ2n) is 7.84. The largest absolute Gasteiger partial charge is 0.496 e. The Morgan fingerprint density at radius 1 is 1.09 bits per heavy atom. The van der Waals surface area contributed by atoms with Crippen LogP contribution in [0.4, 0.5) is 0 Å². The fraction of sp³-hybridized carbons (Fsp3) is 0.348. The summed E-state index contributed by atoms with van der Waals surface area (Å²) in [6.07, 6.45) is -1.13. The van der Waals surface area contributed by atoms with Gasteiger partial charge in [-0.05, 0) is 32.0 Å². The zero-order valence-corrected chi connectivity index (χ0v) is 18.1. The maximum atomic E-state index is 13.2. The molecular formula is C23H24O9. The first kappa shape index (κ1) is 21.8. The summed E-state index contributed by atoms with van der Waals surface area (Å²) in [5.41, 5.74) is -0.988. The molecule has 2 aromatic carbocycles. The van der Waals surface area contributed by atoms with E-state index in [0.717, 1.165) is 0 Å². The van der Waals surface area contributed by atoms with E-state index >= 15 is 0 Å². The van der Waals surface area contributed by atoms with Gasteiger partial charge in [0.2, 0.25) is 18.0 Å². The smallest absolute Gasteiger partial charge is 0.239 e. The Morgan fingerprint density at radius 3 is 2.53 bits per heavy atom. The standard InChI is InChI=1S/C23H24O9/c1-23(2,26)18(24)10-29-13-8-16(27-3)19-17(9-13)32-21(22(28-4)20(19)25)12-5-6-14-15(7-12)31-11-30-14/h5-9,18,24,26H,10-11H2,1-4H3. The SMILES string of the molecule is COc1c(-c2ccc3c(c2)OCO3)oc2cc(OCC(O)C(C)(C)O)cc(OC)c2c1=O. The van der Waals surface area contributed by atoms with Crippen LogP contribution in [0.1, 0.15) is 13.8 Å². The van der Waals surface area contributed by atoms with Crippen molar-refractivity contribution in [2.75, 3.05) is 27.6 Å². The molecule has 170 valence electrons. The molecule has 0 amide bonds. The normalized spacial score (nSPS) is 13.8. The first-order valence-electron chi connectivity index (χ1n) is 9.89. The third-order valence-corrected chi connectivity index (χ3v) is 5.17. The third kappa shape index (κ3) is 3.92. The molecule has 0 aliphatic carbocycles. The predicted octanol–water partition coefficient (Wildman–Crippen LogP) is 2.72. The van der Waals surface area contributed by atoms with E-state index in [2.05, 4.69) is 0 Å². The maximum Gasteiger partial charge on any atom is 0.239 e. The Hall–Kier alpha value is -3.43. The van der Waals surface area contributed by atoms with Crippen molar-refractivity contribution < 1.29 is 38.3 Å². The summed E-state index contributed by atoms with van der Waals surface area (Å²) in [5.74, 6) is 1.86. The average molecular weight is 444 g/mol. The lowest BCUT2D eigenvalue weighted by atomic mass is 10.0. The Morgan fingerprint density at radius 2 is 1.84 bits per heavy atom. The van der Waals surface area contributed by atoms with Crippen LogP contribution < -0.4 is 29.1 Å². The summed E-state index contributed by atoms with van der Waals surface area (Å²) >= 11 is 0. The van der Waals surface area contributed by atoms with Gasteiger partial charge in [0.15, 0.2) is 17.3 Å². The number of methoxy groups -OCH3 is 2. The molecule has 1 unspecified atom stereocenters. The molecule has 0 radical (unpaired) electrons. The number of benzene rings is 2. The van der Waals surface area contributed by atoms with E-state index in [1.807, 2.05) is 0 Å². The minimum absolute atomic E-state index is 0.0146. The number of rotatable bonds is 7. The summed E-state index contributed by atoms with van der Waals surface area (Å²) in [6.45, 7) is 2.90. The number of hydrogen-bond donors (Lipinski definition) is 2. The van der Waals surface area contributed by atoms with Gasteiger partial charge >= 0.3 is 0 Å². The van der Waals surface area contributed by atoms with Crippen LogP contribution in [0, 0.1) is 0 Å². The Kier molecular flexibility index (Phi) is 5.62. The lowest BCUT2D eigenvalue weighted by Gasteiger charge is -2.24. The van der Waals surface area contributed by atoms with E-state index in [9.17, 15) is 15.0 Å². The van der Waals surface area contributed by atoms with Crippen LogP contribution in [0.5, 0.6) is 28.7 Å². The summed E-state index contributed by atoms with van der Waals surface area (Å²) in [5, 5.41) is 20.1. The number of hydrogen-bond acceptors (Lipinski definition) is 9. The van der Waals surface area contributed by atoms with Crippen LogP contribution >= 0.6 is 0 Å². The van der Waals surface area contributed by atoms with E-state index < -0.39 is 17.1 Å². The van der Waals surface area contributed by atoms with Crippen molar-refractivity contribution in [2.45, 2.75) is 25.6 Å². The average Bonchev–Trinajstić information content (AvgIpc) is 3.23. The first-order chi connectivity index (χ1) is 15.2. The Labute approximate surface area is 183 Å². The van der Waals surface area contributed by atoms with Crippen molar-refractivity contribution in [1.29, 1.82) is 0 Å². The van der Waals surface area contributed by atoms with Crippen molar-refractivity contribution in [1.82, 2.24) is 0 Å². The van der Waals surface area contributed by atoms with E-state index in [-0.39, 0.29) is 41.6 Å². The molecule has 0 saturated heterocycles. The van der Waals surface area contributed by atoms with Crippen molar-refractivity contribution in [3.05, 3.63) is 40.6 Å². The maximum absolute atomic E-state index is 13.2. The second kappa shape index (κ2) is 8.25. The molecule has 0 spiro atoms. The van der Waals surface area contributed by atoms with E-state index in [1.54, 1.807) is 18.2 Å². The lowest BCUT2D eigenvalue weighted by Crippen LogP contribution is -2.40. The topological polar surface area (TPSA) is 117 Å². The molecule has 32 heavy (non-hydrogen) atoms. The minimum Gasteiger partial charge on any atom is -0.496 e. The van der Waals surface area contributed by atoms with Crippen molar-refractivity contribution in [2.24, 2.45) is 0 Å². The van der Waals surface area contributed by atoms with Gasteiger partial charge in [-0.25, -0.2) is 0 Å². The molecule has 9 nitrogen and oxygen atoms in total. The van der Waals surface area contributed by atoms with Gasteiger partial charge in [-0.15, -0.1) is 0 Å². The van der Waals surface area contributed by atoms with E-state index in [4.69, 9.17) is 28.1 Å². The number of aliphatic hydroxyl groups excluding tert-OH is 1. The van der Waals surface area contributed by atoms with Gasteiger partial charge in [-0.1, -0.05) is 0 Å². The molecular weight excluding hydrogens is 420 g/mol. The third-order valence-electron chi connectivity index (χ3n) is 5.17. The van der Waals surface area contributed by atoms with Crippen molar-refractivity contribution in [3.63, 3.8) is 0 Å². The van der Waals surface area contributed by atoms with Gasteiger partial charge in [0.25, 0.3) is 0 Å². The number of ether oxygens (including phenoxy) is 5. The molecule has 9 heteroatoms. The molecule has 0 fully saturated rings. The van der Waals surface area contributed by atoms with Crippen molar-refractivity contribution in [3.8, 4) is 40.1 Å². The molecule has 2 N–H and O–H groups in total. The van der Waals surface area contributed by atoms with Gasteiger partial charge in [0.05, 0.1) is 19.8 Å². The molecule has 0 saturated carbocycles. The van der Waals surface area contributed by atoms with Gasteiger partial charge < -0.3 is 38.3 Å². The summed E-state index contributed by atoms with van der Waals surface area (Å²) in [6, 6.07) is 8.19. The lowest BCUT2D eigenvalue weighted by molar-refractivity contribution is -0.0661. The highest BCUT2D eigenvalue weighted by molar-refractivity contribution is 5.88. The Balaban J connectivity index is 1.83. The summed E-state index contributed by atoms with van der Waals surface area (Å²) in [7, 11) is 2.80. The van der Waals surface area contributed by atoms with Crippen LogP contribution in [-0.2, 0) is 0 Å². The van der Waals surface area contributed by atoms with Gasteiger partial charge in [0.1, 0.15) is 35.2 Å². The molecule has 3 aromatic rings. The van der Waals surface area contributed by atoms with E-state index in [1.165, 1.54) is 40.2 Å². The zero-order chi connectivity index (χ0) is 23.0. The number of fused-ring (bicyclic) bond motifs is 2. The zero-order valence-electron chi connectivity index (χ0n) is 18.1. The monoisotopic (exact) mass is 444 g/mol. The van der Waals surface area contributed by atoms with Crippen LogP contribution in [-0.4, -0.2) is 49.5 Å². The second-order valence-corrected chi connectivity index (χ2v) is 7.84. The molecule has 1 aliphatic heterocycles. The summed E-state index contributed by atoms with van der Waals surface area (Å²) < 4.78 is 33.2. The highest BCUT2D eigenvalue weighted by Gasteiger charge is 2.26. The highest BCUT2D eigenvalue weighted by atomic mass is 16.7. The fourth-order valence-electron chi connectivity index (χ4n) is 3.28. The molecule has 4 rings (SSSR count). The fourth-order valence-corrected chi connectivity index (χ4v) is 3.28. The minimum atomic E-state index is -1.34. The predicted molar refractivity (Wildman–Crippen MR) is 115 cm³/mol. The molecule has 2 heterocycles. The molecule has 1 atom stereocenters. The summed E-state index contributed by atoms with van der Waals surface area (Å²) in [4.78, 5) is 13.2. The quantitative estimate of drug-likeness (QED) is 0.567. The highest BCUT2D eigenvalue weighted by Crippen LogP contribution is 2.40. The Bertz CT molecular complexity index is 1210. The van der Waals surface area contributed by atoms with Crippen molar-refractivity contribution >= 4 is 11.0 Å². The van der Waals surface area contributed by atoms with Crippen LogP contribution in [0.25, 0.3) is 22.3 Å². The number of aliphatic hydroxyl groups is 2. The van der Waals surface area contributed by atoms with Crippen LogP contribution in [0.2, 0.25) is 0 Å².